The molecule has 84 valence electrons. The van der Waals surface area contributed by atoms with E-state index in [-0.39, 0.29) is 10.7 Å². The van der Waals surface area contributed by atoms with Crippen molar-refractivity contribution >= 4 is 17.7 Å². The van der Waals surface area contributed by atoms with Crippen LogP contribution in [-0.2, 0) is 4.79 Å². The molecule has 3 nitrogen and oxygen atoms in total. The lowest BCUT2D eigenvalue weighted by Crippen LogP contribution is -2.39. The number of rotatable bonds is 6. The van der Waals surface area contributed by atoms with Gasteiger partial charge in [0.15, 0.2) is 0 Å². The Kier molecular flexibility index (Phi) is 5.52. The molecule has 0 fully saturated rings. The molecule has 2 atom stereocenters. The SMILES string of the molecule is CCSC(C)(C)CC(C)C(N)C(=O)O. The highest BCUT2D eigenvalue weighted by atomic mass is 32.2. The number of nitrogens with two attached hydrogens (primary N) is 1. The third kappa shape index (κ3) is 4.86. The maximum absolute atomic E-state index is 10.7. The van der Waals surface area contributed by atoms with Gasteiger partial charge in [-0.05, 0) is 18.1 Å². The van der Waals surface area contributed by atoms with E-state index in [2.05, 4.69) is 20.8 Å². The number of thioether (sulfide) groups is 1. The molecule has 0 spiro atoms. The van der Waals surface area contributed by atoms with Crippen LogP contribution in [0.3, 0.4) is 0 Å². The minimum Gasteiger partial charge on any atom is -0.480 e. The van der Waals surface area contributed by atoms with Crippen molar-refractivity contribution in [1.82, 2.24) is 0 Å². The number of carbonyl (C=O) groups is 1. The summed E-state index contributed by atoms with van der Waals surface area (Å²) in [6, 6.07) is -0.744. The summed E-state index contributed by atoms with van der Waals surface area (Å²) in [4.78, 5) is 10.7. The van der Waals surface area contributed by atoms with Crippen LogP contribution >= 0.6 is 11.8 Å². The van der Waals surface area contributed by atoms with Crippen molar-refractivity contribution in [2.45, 2.75) is 44.9 Å². The molecule has 14 heavy (non-hydrogen) atoms. The molecule has 3 N–H and O–H groups in total. The first-order valence-electron chi connectivity index (χ1n) is 4.92. The maximum atomic E-state index is 10.7. The van der Waals surface area contributed by atoms with Gasteiger partial charge in [-0.2, -0.15) is 11.8 Å². The van der Waals surface area contributed by atoms with Crippen LogP contribution in [0.2, 0.25) is 0 Å². The van der Waals surface area contributed by atoms with E-state index in [9.17, 15) is 4.79 Å². The van der Waals surface area contributed by atoms with Crippen LogP contribution in [0.1, 0.15) is 34.1 Å². The van der Waals surface area contributed by atoms with Gasteiger partial charge in [0.05, 0.1) is 0 Å². The lowest BCUT2D eigenvalue weighted by molar-refractivity contribution is -0.139. The van der Waals surface area contributed by atoms with Crippen molar-refractivity contribution in [3.05, 3.63) is 0 Å². The molecule has 0 aromatic heterocycles. The molecule has 0 saturated heterocycles. The summed E-state index contributed by atoms with van der Waals surface area (Å²) in [5, 5.41) is 8.75. The monoisotopic (exact) mass is 219 g/mol. The highest BCUT2D eigenvalue weighted by Crippen LogP contribution is 2.31. The van der Waals surface area contributed by atoms with E-state index in [0.717, 1.165) is 12.2 Å². The number of carboxylic acids is 1. The van der Waals surface area contributed by atoms with Gasteiger partial charge in [-0.3, -0.25) is 4.79 Å². The summed E-state index contributed by atoms with van der Waals surface area (Å²) in [7, 11) is 0. The van der Waals surface area contributed by atoms with Crippen LogP contribution < -0.4 is 5.73 Å². The second-order valence-corrected chi connectivity index (χ2v) is 6.21. The molecule has 0 aromatic carbocycles. The van der Waals surface area contributed by atoms with Crippen LogP contribution in [0.4, 0.5) is 0 Å². The first-order chi connectivity index (χ1) is 6.30. The number of carboxylic acid groups (broad SMARTS) is 1. The average Bonchev–Trinajstić information content (AvgIpc) is 2.01. The molecule has 0 bridgehead atoms. The Morgan fingerprint density at radius 2 is 2.07 bits per heavy atom. The second-order valence-electron chi connectivity index (χ2n) is 4.24. The van der Waals surface area contributed by atoms with E-state index < -0.39 is 12.0 Å². The van der Waals surface area contributed by atoms with Crippen LogP contribution in [0.15, 0.2) is 0 Å². The quantitative estimate of drug-likeness (QED) is 0.717. The summed E-state index contributed by atoms with van der Waals surface area (Å²) >= 11 is 1.84. The molecule has 2 unspecified atom stereocenters. The lowest BCUT2D eigenvalue weighted by Gasteiger charge is -2.28. The van der Waals surface area contributed by atoms with Gasteiger partial charge in [0, 0.05) is 4.75 Å². The Hall–Kier alpha value is -0.220. The molecule has 0 heterocycles. The Morgan fingerprint density at radius 1 is 1.57 bits per heavy atom. The van der Waals surface area contributed by atoms with E-state index in [0.29, 0.717) is 0 Å². The maximum Gasteiger partial charge on any atom is 0.320 e. The van der Waals surface area contributed by atoms with Crippen LogP contribution in [0.25, 0.3) is 0 Å². The first kappa shape index (κ1) is 13.8. The molecule has 4 heteroatoms. The Labute approximate surface area is 90.4 Å². The summed E-state index contributed by atoms with van der Waals surface area (Å²) < 4.78 is 0.112. The molecule has 0 radical (unpaired) electrons. The molecular weight excluding hydrogens is 198 g/mol. The van der Waals surface area contributed by atoms with Crippen molar-refractivity contribution in [1.29, 1.82) is 0 Å². The minimum atomic E-state index is -0.908. The summed E-state index contributed by atoms with van der Waals surface area (Å²) in [6.45, 7) is 8.27. The average molecular weight is 219 g/mol. The van der Waals surface area contributed by atoms with Gasteiger partial charge < -0.3 is 10.8 Å². The van der Waals surface area contributed by atoms with Crippen molar-refractivity contribution in [3.8, 4) is 0 Å². The Balaban J connectivity index is 4.16. The van der Waals surface area contributed by atoms with Gasteiger partial charge in [0.2, 0.25) is 0 Å². The highest BCUT2D eigenvalue weighted by Gasteiger charge is 2.27. The molecule has 0 aliphatic heterocycles. The standard InChI is InChI=1S/C10H21NO2S/c1-5-14-10(3,4)6-7(2)8(11)9(12)13/h7-8H,5-6,11H2,1-4H3,(H,12,13). The Bertz CT molecular complexity index is 195. The van der Waals surface area contributed by atoms with Crippen molar-refractivity contribution in [3.63, 3.8) is 0 Å². The van der Waals surface area contributed by atoms with Crippen LogP contribution in [-0.4, -0.2) is 27.6 Å². The third-order valence-electron chi connectivity index (χ3n) is 2.25. The van der Waals surface area contributed by atoms with Gasteiger partial charge in [0.1, 0.15) is 6.04 Å². The van der Waals surface area contributed by atoms with Crippen molar-refractivity contribution in [2.75, 3.05) is 5.75 Å². The predicted octanol–water partition coefficient (Wildman–Crippen LogP) is 1.96. The highest BCUT2D eigenvalue weighted by molar-refractivity contribution is 8.00. The third-order valence-corrected chi connectivity index (χ3v) is 3.48. The van der Waals surface area contributed by atoms with Gasteiger partial charge in [0.25, 0.3) is 0 Å². The van der Waals surface area contributed by atoms with Crippen molar-refractivity contribution < 1.29 is 9.90 Å². The topological polar surface area (TPSA) is 63.3 Å². The first-order valence-corrected chi connectivity index (χ1v) is 5.91. The summed E-state index contributed by atoms with van der Waals surface area (Å²) in [5.74, 6) is 0.151. The zero-order valence-corrected chi connectivity index (χ0v) is 10.2. The van der Waals surface area contributed by atoms with E-state index >= 15 is 0 Å². The van der Waals surface area contributed by atoms with Crippen LogP contribution in [0.5, 0.6) is 0 Å². The number of hydrogen-bond acceptors (Lipinski definition) is 3. The van der Waals surface area contributed by atoms with Crippen molar-refractivity contribution in [2.24, 2.45) is 11.7 Å². The summed E-state index contributed by atoms with van der Waals surface area (Å²) in [6.07, 6.45) is 0.832. The molecule has 0 aliphatic carbocycles. The molecular formula is C10H21NO2S. The van der Waals surface area contributed by atoms with Gasteiger partial charge in [-0.1, -0.05) is 27.7 Å². The fourth-order valence-corrected chi connectivity index (χ4v) is 2.76. The number of aliphatic carboxylic acids is 1. The zero-order chi connectivity index (χ0) is 11.4. The minimum absolute atomic E-state index is 0.0153. The fourth-order valence-electron chi connectivity index (χ4n) is 1.60. The van der Waals surface area contributed by atoms with Crippen LogP contribution in [0, 0.1) is 5.92 Å². The molecule has 0 aromatic rings. The normalized spacial score (nSPS) is 16.4. The molecule has 0 rings (SSSR count). The van der Waals surface area contributed by atoms with E-state index in [1.807, 2.05) is 18.7 Å². The van der Waals surface area contributed by atoms with Gasteiger partial charge >= 0.3 is 5.97 Å². The predicted molar refractivity (Wildman–Crippen MR) is 61.6 cm³/mol. The van der Waals surface area contributed by atoms with E-state index in [4.69, 9.17) is 10.8 Å². The Morgan fingerprint density at radius 3 is 2.43 bits per heavy atom. The molecule has 0 aliphatic rings. The second kappa shape index (κ2) is 5.61. The van der Waals surface area contributed by atoms with E-state index in [1.54, 1.807) is 0 Å². The van der Waals surface area contributed by atoms with E-state index in [1.165, 1.54) is 0 Å². The fraction of sp³-hybridized carbons (Fsp3) is 0.900. The zero-order valence-electron chi connectivity index (χ0n) is 9.41. The lowest BCUT2D eigenvalue weighted by atomic mass is 9.92. The van der Waals surface area contributed by atoms with Gasteiger partial charge in [-0.25, -0.2) is 0 Å². The smallest absolute Gasteiger partial charge is 0.320 e. The van der Waals surface area contributed by atoms with Gasteiger partial charge in [-0.15, -0.1) is 0 Å². The molecule has 0 amide bonds. The summed E-state index contributed by atoms with van der Waals surface area (Å²) in [5.41, 5.74) is 5.55. The molecule has 0 saturated carbocycles. The largest absolute Gasteiger partial charge is 0.480 e. The number of hydrogen-bond donors (Lipinski definition) is 2.